The highest BCUT2D eigenvalue weighted by atomic mass is 16.6. The van der Waals surface area contributed by atoms with Crippen LogP contribution in [0.15, 0.2) is 18.2 Å². The molecule has 0 bridgehead atoms. The molecular weight excluding hydrogens is 256 g/mol. The van der Waals surface area contributed by atoms with E-state index in [2.05, 4.69) is 11.8 Å². The first kappa shape index (κ1) is 14.5. The largest absolute Gasteiger partial charge is 0.368 e. The van der Waals surface area contributed by atoms with Gasteiger partial charge in [0.1, 0.15) is 0 Å². The second-order valence-corrected chi connectivity index (χ2v) is 5.41. The summed E-state index contributed by atoms with van der Waals surface area (Å²) in [5.41, 5.74) is 1.26. The summed E-state index contributed by atoms with van der Waals surface area (Å²) in [5.74, 6) is -0.125. The second kappa shape index (κ2) is 6.03. The summed E-state index contributed by atoms with van der Waals surface area (Å²) in [4.78, 5) is 24.4. The number of hydrogen-bond donors (Lipinski definition) is 0. The molecule has 0 N–H and O–H groups in total. The standard InChI is InChI=1S/C15H20N2O3/c1-11-6-4-3-5-9-16(11)15-8-7-13(17(19)20)10-14(15)12(2)18/h7-8,10-11H,3-6,9H2,1-2H3. The molecule has 1 aliphatic heterocycles. The number of nitro benzene ring substituents is 1. The monoisotopic (exact) mass is 276 g/mol. The number of nitro groups is 1. The minimum Gasteiger partial charge on any atom is -0.368 e. The zero-order valence-electron chi connectivity index (χ0n) is 12.0. The van der Waals surface area contributed by atoms with Crippen LogP contribution in [0.2, 0.25) is 0 Å². The van der Waals surface area contributed by atoms with Gasteiger partial charge in [0.15, 0.2) is 5.78 Å². The van der Waals surface area contributed by atoms with E-state index in [0.29, 0.717) is 11.6 Å². The van der Waals surface area contributed by atoms with Gasteiger partial charge in [-0.15, -0.1) is 0 Å². The van der Waals surface area contributed by atoms with Crippen molar-refractivity contribution < 1.29 is 9.72 Å². The summed E-state index contributed by atoms with van der Waals surface area (Å²) in [6.45, 7) is 4.51. The molecule has 5 heteroatoms. The van der Waals surface area contributed by atoms with E-state index in [1.807, 2.05) is 0 Å². The maximum absolute atomic E-state index is 11.8. The molecule has 0 spiro atoms. The van der Waals surface area contributed by atoms with E-state index in [0.717, 1.165) is 25.1 Å². The van der Waals surface area contributed by atoms with E-state index >= 15 is 0 Å². The van der Waals surface area contributed by atoms with Gasteiger partial charge in [-0.3, -0.25) is 14.9 Å². The molecule has 0 aromatic heterocycles. The zero-order chi connectivity index (χ0) is 14.7. The Morgan fingerprint density at radius 3 is 2.75 bits per heavy atom. The van der Waals surface area contributed by atoms with Gasteiger partial charge in [0.2, 0.25) is 0 Å². The first-order valence-electron chi connectivity index (χ1n) is 7.06. The van der Waals surface area contributed by atoms with Crippen molar-refractivity contribution in [1.82, 2.24) is 0 Å². The van der Waals surface area contributed by atoms with Crippen molar-refractivity contribution >= 4 is 17.2 Å². The van der Waals surface area contributed by atoms with Crippen LogP contribution in [0.4, 0.5) is 11.4 Å². The molecule has 2 rings (SSSR count). The van der Waals surface area contributed by atoms with Gasteiger partial charge in [-0.1, -0.05) is 12.8 Å². The van der Waals surface area contributed by atoms with Crippen LogP contribution >= 0.6 is 0 Å². The molecule has 1 heterocycles. The van der Waals surface area contributed by atoms with Gasteiger partial charge < -0.3 is 4.90 Å². The number of non-ortho nitro benzene ring substituents is 1. The average molecular weight is 276 g/mol. The molecule has 108 valence electrons. The average Bonchev–Trinajstić information content (AvgIpc) is 2.62. The number of anilines is 1. The van der Waals surface area contributed by atoms with E-state index in [1.54, 1.807) is 6.07 Å². The normalized spacial score (nSPS) is 19.5. The molecule has 1 aromatic rings. The molecule has 0 amide bonds. The van der Waals surface area contributed by atoms with Gasteiger partial charge in [0, 0.05) is 36.0 Å². The third-order valence-electron chi connectivity index (χ3n) is 3.93. The number of carbonyl (C=O) groups is 1. The van der Waals surface area contributed by atoms with Crippen molar-refractivity contribution in [3.63, 3.8) is 0 Å². The van der Waals surface area contributed by atoms with Crippen LogP contribution in [0.25, 0.3) is 0 Å². The highest BCUT2D eigenvalue weighted by Gasteiger charge is 2.23. The SMILES string of the molecule is CC(=O)c1cc([N+](=O)[O-])ccc1N1CCCCCC1C. The van der Waals surface area contributed by atoms with E-state index < -0.39 is 4.92 Å². The molecular formula is C15H20N2O3. The number of benzene rings is 1. The van der Waals surface area contributed by atoms with Crippen molar-refractivity contribution in [3.05, 3.63) is 33.9 Å². The topological polar surface area (TPSA) is 63.4 Å². The summed E-state index contributed by atoms with van der Waals surface area (Å²) in [6, 6.07) is 4.96. The summed E-state index contributed by atoms with van der Waals surface area (Å²) >= 11 is 0. The van der Waals surface area contributed by atoms with Crippen molar-refractivity contribution in [2.75, 3.05) is 11.4 Å². The minimum absolute atomic E-state index is 0.0265. The Balaban J connectivity index is 2.43. The highest BCUT2D eigenvalue weighted by molar-refractivity contribution is 6.00. The number of hydrogen-bond acceptors (Lipinski definition) is 4. The van der Waals surface area contributed by atoms with Crippen LogP contribution in [0.3, 0.4) is 0 Å². The predicted octanol–water partition coefficient (Wildman–Crippen LogP) is 3.57. The Hall–Kier alpha value is -1.91. The lowest BCUT2D eigenvalue weighted by molar-refractivity contribution is -0.384. The molecule has 1 fully saturated rings. The van der Waals surface area contributed by atoms with Crippen LogP contribution in [-0.4, -0.2) is 23.3 Å². The lowest BCUT2D eigenvalue weighted by Gasteiger charge is -2.30. The Kier molecular flexibility index (Phi) is 4.37. The molecule has 0 saturated carbocycles. The Labute approximate surface area is 118 Å². The van der Waals surface area contributed by atoms with Crippen LogP contribution in [0, 0.1) is 10.1 Å². The summed E-state index contributed by atoms with van der Waals surface area (Å²) in [7, 11) is 0. The fourth-order valence-electron chi connectivity index (χ4n) is 2.80. The van der Waals surface area contributed by atoms with Gasteiger partial charge in [-0.05, 0) is 32.8 Å². The van der Waals surface area contributed by atoms with E-state index in [4.69, 9.17) is 0 Å². The quantitative estimate of drug-likeness (QED) is 0.481. The zero-order valence-corrected chi connectivity index (χ0v) is 12.0. The van der Waals surface area contributed by atoms with E-state index in [9.17, 15) is 14.9 Å². The van der Waals surface area contributed by atoms with Gasteiger partial charge in [-0.25, -0.2) is 0 Å². The number of rotatable bonds is 3. The summed E-state index contributed by atoms with van der Waals surface area (Å²) < 4.78 is 0. The number of Topliss-reactive ketones (excluding diaryl/α,β-unsaturated/α-hetero) is 1. The number of nitrogens with zero attached hydrogens (tertiary/aromatic N) is 2. The summed E-state index contributed by atoms with van der Waals surface area (Å²) in [5, 5.41) is 10.9. The molecule has 1 aromatic carbocycles. The van der Waals surface area contributed by atoms with Crippen molar-refractivity contribution in [3.8, 4) is 0 Å². The maximum atomic E-state index is 11.8. The third-order valence-corrected chi connectivity index (χ3v) is 3.93. The highest BCUT2D eigenvalue weighted by Crippen LogP contribution is 2.30. The smallest absolute Gasteiger partial charge is 0.270 e. The maximum Gasteiger partial charge on any atom is 0.270 e. The van der Waals surface area contributed by atoms with Crippen molar-refractivity contribution in [2.24, 2.45) is 0 Å². The fourth-order valence-corrected chi connectivity index (χ4v) is 2.80. The molecule has 1 aliphatic rings. The number of ketones is 1. The van der Waals surface area contributed by atoms with Gasteiger partial charge in [0.25, 0.3) is 5.69 Å². The first-order valence-corrected chi connectivity index (χ1v) is 7.06. The van der Waals surface area contributed by atoms with Gasteiger partial charge in [-0.2, -0.15) is 0 Å². The lowest BCUT2D eigenvalue weighted by atomic mass is 10.1. The second-order valence-electron chi connectivity index (χ2n) is 5.41. The molecule has 1 saturated heterocycles. The van der Waals surface area contributed by atoms with Gasteiger partial charge >= 0.3 is 0 Å². The number of carbonyl (C=O) groups excluding carboxylic acids is 1. The van der Waals surface area contributed by atoms with E-state index in [-0.39, 0.29) is 11.5 Å². The molecule has 0 aliphatic carbocycles. The molecule has 0 radical (unpaired) electrons. The van der Waals surface area contributed by atoms with Crippen molar-refractivity contribution in [1.29, 1.82) is 0 Å². The molecule has 1 unspecified atom stereocenters. The Bertz CT molecular complexity index is 528. The van der Waals surface area contributed by atoms with Crippen LogP contribution in [0.1, 0.15) is 49.9 Å². The predicted molar refractivity (Wildman–Crippen MR) is 78.4 cm³/mol. The van der Waals surface area contributed by atoms with Crippen LogP contribution < -0.4 is 4.90 Å². The first-order chi connectivity index (χ1) is 9.50. The van der Waals surface area contributed by atoms with Crippen molar-refractivity contribution in [2.45, 2.75) is 45.6 Å². The molecule has 5 nitrogen and oxygen atoms in total. The molecule has 20 heavy (non-hydrogen) atoms. The van der Waals surface area contributed by atoms with Crippen LogP contribution in [-0.2, 0) is 0 Å². The van der Waals surface area contributed by atoms with Crippen LogP contribution in [0.5, 0.6) is 0 Å². The Morgan fingerprint density at radius 1 is 1.35 bits per heavy atom. The Morgan fingerprint density at radius 2 is 2.10 bits per heavy atom. The fraction of sp³-hybridized carbons (Fsp3) is 0.533. The lowest BCUT2D eigenvalue weighted by Crippen LogP contribution is -2.33. The molecule has 1 atom stereocenters. The van der Waals surface area contributed by atoms with E-state index in [1.165, 1.54) is 31.9 Å². The van der Waals surface area contributed by atoms with Gasteiger partial charge in [0.05, 0.1) is 4.92 Å². The summed E-state index contributed by atoms with van der Waals surface area (Å²) in [6.07, 6.45) is 4.58. The third kappa shape index (κ3) is 2.98. The minimum atomic E-state index is -0.456.